The SMILES string of the molecule is [2H]C([2H])(c1cc[n+](C)c(-c2c(C)ccc3c2oc2cc(-c4ccccc4)c(C#N)cc23)c1)C(C)(C)C. The first kappa shape index (κ1) is 19.6. The van der Waals surface area contributed by atoms with E-state index in [1.54, 1.807) is 0 Å². The fourth-order valence-electron chi connectivity index (χ4n) is 4.58. The van der Waals surface area contributed by atoms with Gasteiger partial charge in [-0.05, 0) is 47.5 Å². The van der Waals surface area contributed by atoms with Crippen molar-refractivity contribution in [3.63, 3.8) is 0 Å². The summed E-state index contributed by atoms with van der Waals surface area (Å²) in [5.74, 6) is 0. The zero-order valence-corrected chi connectivity index (χ0v) is 20.2. The minimum absolute atomic E-state index is 0.563. The number of aryl methyl sites for hydroxylation is 2. The molecule has 0 spiro atoms. The van der Waals surface area contributed by atoms with Crippen LogP contribution in [0.1, 0.15) is 40.2 Å². The Kier molecular flexibility index (Phi) is 4.69. The van der Waals surface area contributed by atoms with Gasteiger partial charge < -0.3 is 4.42 Å². The number of aromatic nitrogens is 1. The molecule has 2 aromatic heterocycles. The monoisotopic (exact) mass is 447 g/mol. The third-order valence-corrected chi connectivity index (χ3v) is 6.12. The number of pyridine rings is 1. The molecule has 3 nitrogen and oxygen atoms in total. The number of nitriles is 1. The molecular weight excluding hydrogens is 416 g/mol. The maximum atomic E-state index is 9.91. The Morgan fingerprint density at radius 2 is 1.76 bits per heavy atom. The maximum absolute atomic E-state index is 9.91. The number of hydrogen-bond donors (Lipinski definition) is 0. The summed E-state index contributed by atoms with van der Waals surface area (Å²) in [5, 5.41) is 11.7. The van der Waals surface area contributed by atoms with Gasteiger partial charge in [0, 0.05) is 31.2 Å². The van der Waals surface area contributed by atoms with Crippen molar-refractivity contribution in [1.29, 1.82) is 5.26 Å². The smallest absolute Gasteiger partial charge is 0.216 e. The number of benzene rings is 3. The molecule has 0 fully saturated rings. The number of nitrogens with zero attached hydrogens (tertiary/aromatic N) is 2. The maximum Gasteiger partial charge on any atom is 0.216 e. The number of furan rings is 1. The Balaban J connectivity index is 1.79. The van der Waals surface area contributed by atoms with Gasteiger partial charge in [-0.3, -0.25) is 0 Å². The van der Waals surface area contributed by atoms with Crippen LogP contribution in [0.3, 0.4) is 0 Å². The number of hydrogen-bond acceptors (Lipinski definition) is 2. The lowest BCUT2D eigenvalue weighted by atomic mass is 9.87. The van der Waals surface area contributed by atoms with Crippen LogP contribution in [-0.2, 0) is 13.4 Å². The Bertz CT molecular complexity index is 1670. The van der Waals surface area contributed by atoms with E-state index in [0.717, 1.165) is 49.9 Å². The molecule has 0 saturated carbocycles. The van der Waals surface area contributed by atoms with Gasteiger partial charge in [0.2, 0.25) is 5.69 Å². The fourth-order valence-corrected chi connectivity index (χ4v) is 4.58. The minimum Gasteiger partial charge on any atom is -0.455 e. The van der Waals surface area contributed by atoms with E-state index in [0.29, 0.717) is 11.1 Å². The topological polar surface area (TPSA) is 40.8 Å². The second-order valence-corrected chi connectivity index (χ2v) is 9.89. The van der Waals surface area contributed by atoms with Gasteiger partial charge in [-0.1, -0.05) is 63.2 Å². The van der Waals surface area contributed by atoms with Crippen molar-refractivity contribution in [2.75, 3.05) is 0 Å². The molecule has 34 heavy (non-hydrogen) atoms. The van der Waals surface area contributed by atoms with Crippen LogP contribution in [0.4, 0.5) is 0 Å². The second kappa shape index (κ2) is 8.15. The van der Waals surface area contributed by atoms with E-state index < -0.39 is 11.8 Å². The first-order chi connectivity index (χ1) is 17.0. The van der Waals surface area contributed by atoms with Gasteiger partial charge in [0.15, 0.2) is 6.20 Å². The molecule has 5 rings (SSSR count). The van der Waals surface area contributed by atoms with Crippen LogP contribution in [0.2, 0.25) is 0 Å². The zero-order valence-electron chi connectivity index (χ0n) is 22.2. The first-order valence-electron chi connectivity index (χ1n) is 12.5. The Morgan fingerprint density at radius 1 is 1.00 bits per heavy atom. The summed E-state index contributed by atoms with van der Waals surface area (Å²) in [6.45, 7) is 7.80. The van der Waals surface area contributed by atoms with E-state index in [1.165, 1.54) is 0 Å². The van der Waals surface area contributed by atoms with E-state index in [2.05, 4.69) is 12.1 Å². The lowest BCUT2D eigenvalue weighted by molar-refractivity contribution is -0.660. The highest BCUT2D eigenvalue weighted by atomic mass is 16.3. The second-order valence-electron chi connectivity index (χ2n) is 9.89. The summed E-state index contributed by atoms with van der Waals surface area (Å²) < 4.78 is 26.1. The van der Waals surface area contributed by atoms with E-state index in [4.69, 9.17) is 7.16 Å². The third-order valence-electron chi connectivity index (χ3n) is 6.12. The van der Waals surface area contributed by atoms with Crippen LogP contribution in [0.25, 0.3) is 44.3 Å². The molecule has 0 aliphatic heterocycles. The van der Waals surface area contributed by atoms with E-state index >= 15 is 0 Å². The van der Waals surface area contributed by atoms with Gasteiger partial charge in [-0.15, -0.1) is 0 Å². The highest BCUT2D eigenvalue weighted by Crippen LogP contribution is 2.39. The Morgan fingerprint density at radius 3 is 2.47 bits per heavy atom. The predicted molar refractivity (Wildman–Crippen MR) is 138 cm³/mol. The van der Waals surface area contributed by atoms with Gasteiger partial charge >= 0.3 is 0 Å². The van der Waals surface area contributed by atoms with Crippen LogP contribution in [-0.4, -0.2) is 0 Å². The highest BCUT2D eigenvalue weighted by molar-refractivity contribution is 6.11. The molecule has 168 valence electrons. The summed E-state index contributed by atoms with van der Waals surface area (Å²) in [4.78, 5) is 0. The van der Waals surface area contributed by atoms with Crippen LogP contribution < -0.4 is 4.57 Å². The van der Waals surface area contributed by atoms with Gasteiger partial charge in [0.25, 0.3) is 0 Å². The van der Waals surface area contributed by atoms with Gasteiger partial charge in [-0.2, -0.15) is 5.26 Å². The molecule has 0 atom stereocenters. The molecule has 0 aliphatic carbocycles. The molecule has 0 unspecified atom stereocenters. The summed E-state index contributed by atoms with van der Waals surface area (Å²) >= 11 is 0. The summed E-state index contributed by atoms with van der Waals surface area (Å²) in [7, 11) is 1.97. The molecule has 0 aliphatic rings. The number of rotatable bonds is 3. The van der Waals surface area contributed by atoms with Crippen molar-refractivity contribution in [2.24, 2.45) is 12.5 Å². The molecule has 2 heterocycles. The van der Waals surface area contributed by atoms with E-state index in [9.17, 15) is 5.26 Å². The Hall–Kier alpha value is -3.90. The first-order valence-corrected chi connectivity index (χ1v) is 11.5. The van der Waals surface area contributed by atoms with Crippen molar-refractivity contribution in [3.8, 4) is 28.5 Å². The molecule has 3 aromatic carbocycles. The molecule has 0 radical (unpaired) electrons. The molecule has 3 heteroatoms. The largest absolute Gasteiger partial charge is 0.455 e. The molecule has 0 amide bonds. The summed E-state index contributed by atoms with van der Waals surface area (Å²) in [6.07, 6.45) is 0.397. The van der Waals surface area contributed by atoms with Crippen molar-refractivity contribution >= 4 is 21.9 Å². The van der Waals surface area contributed by atoms with Crippen LogP contribution >= 0.6 is 0 Å². The Labute approximate surface area is 203 Å². The van der Waals surface area contributed by atoms with Crippen molar-refractivity contribution in [1.82, 2.24) is 0 Å². The van der Waals surface area contributed by atoms with Crippen LogP contribution in [0, 0.1) is 23.7 Å². The molecule has 0 N–H and O–H groups in total. The number of fused-ring (bicyclic) bond motifs is 3. The van der Waals surface area contributed by atoms with Gasteiger partial charge in [-0.25, -0.2) is 4.57 Å². The quantitative estimate of drug-likeness (QED) is 0.268. The molecule has 0 saturated heterocycles. The standard InChI is InChI=1S/C31H29N2O/c1-20-11-12-24-26-16-23(19-32)25(22-9-7-6-8-10-22)17-28(26)34-30(24)29(20)27-15-21(13-14-33(27)5)18-31(2,3)4/h6-17H,18H2,1-5H3/q+1/i18D2. The van der Waals surface area contributed by atoms with Crippen molar-refractivity contribution in [2.45, 2.75) is 34.1 Å². The van der Waals surface area contributed by atoms with E-state index in [1.807, 2.05) is 106 Å². The van der Waals surface area contributed by atoms with Crippen molar-refractivity contribution in [3.05, 3.63) is 89.6 Å². The average Bonchev–Trinajstić information content (AvgIpc) is 3.21. The van der Waals surface area contributed by atoms with Gasteiger partial charge in [0.05, 0.1) is 17.2 Å². The molecule has 0 bridgehead atoms. The average molecular weight is 448 g/mol. The molecular formula is C31H29N2O+. The summed E-state index contributed by atoms with van der Waals surface area (Å²) in [6, 6.07) is 24.0. The third kappa shape index (κ3) is 3.86. The lowest BCUT2D eigenvalue weighted by Gasteiger charge is -2.18. The van der Waals surface area contributed by atoms with Crippen molar-refractivity contribution < 1.29 is 11.7 Å². The lowest BCUT2D eigenvalue weighted by Crippen LogP contribution is -2.31. The van der Waals surface area contributed by atoms with Gasteiger partial charge in [0.1, 0.15) is 18.2 Å². The van der Waals surface area contributed by atoms with E-state index in [-0.39, 0.29) is 0 Å². The van der Waals surface area contributed by atoms with Crippen LogP contribution in [0.15, 0.2) is 77.3 Å². The summed E-state index contributed by atoms with van der Waals surface area (Å²) in [5.41, 5.74) is 6.79. The fraction of sp³-hybridized carbons (Fsp3) is 0.226. The predicted octanol–water partition coefficient (Wildman–Crippen LogP) is 7.51. The zero-order chi connectivity index (χ0) is 25.8. The highest BCUT2D eigenvalue weighted by Gasteiger charge is 2.23. The normalized spacial score (nSPS) is 13.1. The van der Waals surface area contributed by atoms with Crippen LogP contribution in [0.5, 0.6) is 0 Å². The molecule has 5 aromatic rings. The minimum atomic E-state index is -1.52.